The summed E-state index contributed by atoms with van der Waals surface area (Å²) in [5, 5.41) is 11.4. The van der Waals surface area contributed by atoms with Gasteiger partial charge in [-0.2, -0.15) is 0 Å². The molecule has 0 saturated heterocycles. The van der Waals surface area contributed by atoms with E-state index in [1.807, 2.05) is 55.5 Å². The van der Waals surface area contributed by atoms with E-state index in [2.05, 4.69) is 20.9 Å². The summed E-state index contributed by atoms with van der Waals surface area (Å²) in [6, 6.07) is 14.9. The molecule has 2 aromatic heterocycles. The first-order chi connectivity index (χ1) is 15.6. The zero-order valence-electron chi connectivity index (χ0n) is 17.4. The maximum Gasteiger partial charge on any atom is 0.330 e. The minimum absolute atomic E-state index is 0.234. The molecule has 4 heterocycles. The average Bonchev–Trinajstić information content (AvgIpc) is 3.50. The SMILES string of the molecule is Cc1cc2cc(NC(=O)n3ccc4cc(OC5=NCNC6=C5CNC6)ccc43)ccc2o1. The molecule has 6 rings (SSSR count). The number of aromatic nitrogens is 1. The van der Waals surface area contributed by atoms with Crippen molar-refractivity contribution in [3.8, 4) is 5.75 Å². The predicted octanol–water partition coefficient (Wildman–Crippen LogP) is 3.97. The van der Waals surface area contributed by atoms with Crippen molar-refractivity contribution in [3.05, 3.63) is 71.8 Å². The van der Waals surface area contributed by atoms with Gasteiger partial charge in [-0.05, 0) is 55.5 Å². The van der Waals surface area contributed by atoms with Crippen LogP contribution in [0.3, 0.4) is 0 Å². The molecule has 0 unspecified atom stereocenters. The number of rotatable bonds is 2. The van der Waals surface area contributed by atoms with Crippen LogP contribution in [0.1, 0.15) is 5.76 Å². The number of nitrogens with zero attached hydrogens (tertiary/aromatic N) is 2. The van der Waals surface area contributed by atoms with Gasteiger partial charge in [0, 0.05) is 47.0 Å². The number of fused-ring (bicyclic) bond motifs is 2. The fraction of sp³-hybridized carbons (Fsp3) is 0.167. The summed E-state index contributed by atoms with van der Waals surface area (Å²) in [6.45, 7) is 3.96. The van der Waals surface area contributed by atoms with E-state index in [4.69, 9.17) is 9.15 Å². The molecule has 32 heavy (non-hydrogen) atoms. The fourth-order valence-corrected chi connectivity index (χ4v) is 4.21. The zero-order valence-corrected chi connectivity index (χ0v) is 17.4. The van der Waals surface area contributed by atoms with Crippen molar-refractivity contribution in [3.63, 3.8) is 0 Å². The van der Waals surface area contributed by atoms with Crippen LogP contribution in [-0.2, 0) is 0 Å². The zero-order chi connectivity index (χ0) is 21.7. The van der Waals surface area contributed by atoms with Gasteiger partial charge in [0.2, 0.25) is 5.90 Å². The summed E-state index contributed by atoms with van der Waals surface area (Å²) >= 11 is 0. The molecule has 0 aliphatic carbocycles. The molecule has 3 N–H and O–H groups in total. The Labute approximate surface area is 183 Å². The van der Waals surface area contributed by atoms with Crippen LogP contribution in [0.4, 0.5) is 10.5 Å². The van der Waals surface area contributed by atoms with E-state index in [0.717, 1.165) is 52.0 Å². The van der Waals surface area contributed by atoms with Crippen molar-refractivity contribution in [2.45, 2.75) is 6.92 Å². The first-order valence-electron chi connectivity index (χ1n) is 10.5. The first kappa shape index (κ1) is 18.7. The van der Waals surface area contributed by atoms with E-state index in [0.29, 0.717) is 24.0 Å². The molecule has 0 atom stereocenters. The lowest BCUT2D eigenvalue weighted by molar-refractivity contribution is 0.254. The number of aliphatic imine (C=N–C) groups is 1. The monoisotopic (exact) mass is 427 g/mol. The van der Waals surface area contributed by atoms with E-state index >= 15 is 0 Å². The number of anilines is 1. The van der Waals surface area contributed by atoms with Gasteiger partial charge < -0.3 is 25.1 Å². The van der Waals surface area contributed by atoms with Gasteiger partial charge in [-0.3, -0.25) is 4.57 Å². The summed E-state index contributed by atoms with van der Waals surface area (Å²) in [7, 11) is 0. The molecule has 1 amide bonds. The Kier molecular flexibility index (Phi) is 4.26. The summed E-state index contributed by atoms with van der Waals surface area (Å²) < 4.78 is 13.3. The van der Waals surface area contributed by atoms with Gasteiger partial charge >= 0.3 is 6.03 Å². The van der Waals surface area contributed by atoms with Crippen LogP contribution in [0.2, 0.25) is 0 Å². The largest absolute Gasteiger partial charge is 0.461 e. The van der Waals surface area contributed by atoms with Gasteiger partial charge in [0.15, 0.2) is 0 Å². The molecule has 0 fully saturated rings. The molecule has 160 valence electrons. The number of furan rings is 1. The summed E-state index contributed by atoms with van der Waals surface area (Å²) in [5.74, 6) is 2.17. The van der Waals surface area contributed by atoms with Crippen molar-refractivity contribution in [1.82, 2.24) is 15.2 Å². The first-order valence-corrected chi connectivity index (χ1v) is 10.5. The lowest BCUT2D eigenvalue weighted by Gasteiger charge is -2.17. The number of carbonyl (C=O) groups is 1. The number of hydrogen-bond acceptors (Lipinski definition) is 6. The summed E-state index contributed by atoms with van der Waals surface area (Å²) in [5.41, 5.74) is 4.52. The number of benzene rings is 2. The maximum atomic E-state index is 12.9. The van der Waals surface area contributed by atoms with Gasteiger partial charge in [-0.25, -0.2) is 9.79 Å². The molecule has 2 aromatic carbocycles. The molecule has 8 heteroatoms. The highest BCUT2D eigenvalue weighted by molar-refractivity contribution is 6.01. The van der Waals surface area contributed by atoms with Crippen molar-refractivity contribution < 1.29 is 13.9 Å². The Balaban J connectivity index is 1.23. The standard InChI is InChI=1S/C24H21N5O3/c1-14-8-16-9-17(2-5-22(16)31-14)28-24(30)29-7-6-15-10-18(3-4-21(15)29)32-23-19-11-25-12-20(19)26-13-27-23/h2-10,25-26H,11-13H2,1H3,(H,28,30). The van der Waals surface area contributed by atoms with E-state index in [1.165, 1.54) is 0 Å². The lowest BCUT2D eigenvalue weighted by Crippen LogP contribution is -2.27. The molecule has 2 aliphatic heterocycles. The second kappa shape index (κ2) is 7.28. The van der Waals surface area contributed by atoms with E-state index < -0.39 is 0 Å². The molecule has 0 saturated carbocycles. The smallest absolute Gasteiger partial charge is 0.330 e. The number of nitrogens with one attached hydrogen (secondary N) is 3. The second-order valence-corrected chi connectivity index (χ2v) is 7.91. The Morgan fingerprint density at radius 3 is 3.00 bits per heavy atom. The molecular formula is C24H21N5O3. The Morgan fingerprint density at radius 1 is 1.12 bits per heavy atom. The van der Waals surface area contributed by atoms with Crippen molar-refractivity contribution in [1.29, 1.82) is 0 Å². The highest BCUT2D eigenvalue weighted by Crippen LogP contribution is 2.26. The third kappa shape index (κ3) is 3.21. The van der Waals surface area contributed by atoms with Crippen LogP contribution in [0.15, 0.2) is 75.4 Å². The van der Waals surface area contributed by atoms with Crippen LogP contribution < -0.4 is 20.7 Å². The van der Waals surface area contributed by atoms with Crippen LogP contribution in [0, 0.1) is 6.92 Å². The minimum Gasteiger partial charge on any atom is -0.461 e. The molecule has 0 radical (unpaired) electrons. The topological polar surface area (TPSA) is 92.8 Å². The molecular weight excluding hydrogens is 406 g/mol. The van der Waals surface area contributed by atoms with E-state index in [9.17, 15) is 4.79 Å². The van der Waals surface area contributed by atoms with Crippen molar-refractivity contribution >= 4 is 39.5 Å². The highest BCUT2D eigenvalue weighted by atomic mass is 16.5. The van der Waals surface area contributed by atoms with Crippen molar-refractivity contribution in [2.75, 3.05) is 25.1 Å². The molecule has 0 spiro atoms. The van der Waals surface area contributed by atoms with Crippen molar-refractivity contribution in [2.24, 2.45) is 4.99 Å². The number of aryl methyl sites for hydroxylation is 1. The molecule has 0 bridgehead atoms. The van der Waals surface area contributed by atoms with Gasteiger partial charge in [-0.1, -0.05) is 0 Å². The Bertz CT molecular complexity index is 1440. The van der Waals surface area contributed by atoms with Gasteiger partial charge in [0.25, 0.3) is 0 Å². The van der Waals surface area contributed by atoms with E-state index in [1.54, 1.807) is 10.8 Å². The second-order valence-electron chi connectivity index (χ2n) is 7.91. The highest BCUT2D eigenvalue weighted by Gasteiger charge is 2.23. The third-order valence-corrected chi connectivity index (χ3v) is 5.73. The number of ether oxygens (including phenoxy) is 1. The van der Waals surface area contributed by atoms with Crippen LogP contribution in [0.5, 0.6) is 5.75 Å². The summed E-state index contributed by atoms with van der Waals surface area (Å²) in [6.07, 6.45) is 1.76. The van der Waals surface area contributed by atoms with Crippen LogP contribution >= 0.6 is 0 Å². The van der Waals surface area contributed by atoms with Gasteiger partial charge in [0.1, 0.15) is 23.8 Å². The minimum atomic E-state index is -0.234. The number of carbonyl (C=O) groups excluding carboxylic acids is 1. The van der Waals surface area contributed by atoms with Gasteiger partial charge in [-0.15, -0.1) is 0 Å². The van der Waals surface area contributed by atoms with Crippen LogP contribution in [0.25, 0.3) is 21.9 Å². The number of amides is 1. The fourth-order valence-electron chi connectivity index (χ4n) is 4.21. The Hall–Kier alpha value is -4.04. The lowest BCUT2D eigenvalue weighted by atomic mass is 10.2. The van der Waals surface area contributed by atoms with Gasteiger partial charge in [0.05, 0.1) is 5.52 Å². The Morgan fingerprint density at radius 2 is 2.06 bits per heavy atom. The quantitative estimate of drug-likeness (QED) is 0.450. The molecule has 4 aromatic rings. The maximum absolute atomic E-state index is 12.9. The number of hydrogen-bond donors (Lipinski definition) is 3. The third-order valence-electron chi connectivity index (χ3n) is 5.73. The predicted molar refractivity (Wildman–Crippen MR) is 123 cm³/mol. The summed E-state index contributed by atoms with van der Waals surface area (Å²) in [4.78, 5) is 17.4. The van der Waals surface area contributed by atoms with Crippen LogP contribution in [-0.4, -0.2) is 36.3 Å². The normalized spacial score (nSPS) is 15.6. The van der Waals surface area contributed by atoms with E-state index in [-0.39, 0.29) is 6.03 Å². The average molecular weight is 427 g/mol. The molecule has 8 nitrogen and oxygen atoms in total. The molecule has 2 aliphatic rings.